The van der Waals surface area contributed by atoms with E-state index in [-0.39, 0.29) is 24.2 Å². The molecule has 0 bridgehead atoms. The Bertz CT molecular complexity index is 531. The Morgan fingerprint density at radius 3 is 2.55 bits per heavy atom. The van der Waals surface area contributed by atoms with Crippen molar-refractivity contribution in [3.63, 3.8) is 0 Å². The third kappa shape index (κ3) is 4.28. The number of hydrogen-bond acceptors (Lipinski definition) is 6. The minimum absolute atomic E-state index is 0.121. The van der Waals surface area contributed by atoms with Crippen molar-refractivity contribution in [1.82, 2.24) is 5.32 Å². The first-order valence-corrected chi connectivity index (χ1v) is 5.63. The monoisotopic (exact) mass is 283 g/mol. The molecule has 1 aromatic rings. The molecular formula is C11H13N3O6. The second-order valence-corrected chi connectivity index (χ2v) is 3.85. The van der Waals surface area contributed by atoms with Crippen LogP contribution in [0.15, 0.2) is 18.2 Å². The maximum atomic E-state index is 11.6. The molecule has 1 aromatic carbocycles. The second kappa shape index (κ2) is 7.14. The van der Waals surface area contributed by atoms with Gasteiger partial charge in [0, 0.05) is 25.3 Å². The van der Waals surface area contributed by atoms with E-state index < -0.39 is 21.4 Å². The Balaban J connectivity index is 2.86. The molecule has 0 saturated carbocycles. The summed E-state index contributed by atoms with van der Waals surface area (Å²) in [6, 6.07) is 3.19. The molecule has 0 heterocycles. The highest BCUT2D eigenvalue weighted by Gasteiger charge is 2.20. The lowest BCUT2D eigenvalue weighted by molar-refractivity contribution is -0.394. The van der Waals surface area contributed by atoms with Gasteiger partial charge in [0.25, 0.3) is 11.4 Å². The topological polar surface area (TPSA) is 125 Å². The number of nitrogens with zero attached hydrogens (tertiary/aromatic N) is 2. The summed E-state index contributed by atoms with van der Waals surface area (Å²) in [5, 5.41) is 24.0. The van der Waals surface area contributed by atoms with E-state index in [9.17, 15) is 25.0 Å². The predicted octanol–water partition coefficient (Wildman–Crippen LogP) is 0.808. The van der Waals surface area contributed by atoms with Gasteiger partial charge in [-0.1, -0.05) is 0 Å². The minimum atomic E-state index is -0.745. The van der Waals surface area contributed by atoms with Crippen LogP contribution >= 0.6 is 0 Å². The molecule has 0 unspecified atom stereocenters. The summed E-state index contributed by atoms with van der Waals surface area (Å²) in [5.74, 6) is -0.418. The fourth-order valence-electron chi connectivity index (χ4n) is 1.51. The Morgan fingerprint density at radius 2 is 2.00 bits per heavy atom. The van der Waals surface area contributed by atoms with E-state index >= 15 is 0 Å². The molecule has 0 aliphatic heterocycles. The average molecular weight is 283 g/mol. The maximum absolute atomic E-state index is 11.6. The quantitative estimate of drug-likeness (QED) is 0.448. The van der Waals surface area contributed by atoms with E-state index in [2.05, 4.69) is 5.32 Å². The number of hydrogen-bond donors (Lipinski definition) is 1. The molecule has 108 valence electrons. The number of carbonyl (C=O) groups excluding carboxylic acids is 1. The lowest BCUT2D eigenvalue weighted by Gasteiger charge is -2.05. The standard InChI is InChI=1S/C11H13N3O6/c1-20-5-4-12-11(15)6-8-2-3-9(13(16)17)7-10(8)14(18)19/h2-3,7H,4-6H2,1H3,(H,12,15). The zero-order valence-electron chi connectivity index (χ0n) is 10.7. The van der Waals surface area contributed by atoms with E-state index in [4.69, 9.17) is 4.74 Å². The smallest absolute Gasteiger partial charge is 0.279 e. The van der Waals surface area contributed by atoms with Gasteiger partial charge in [0.2, 0.25) is 5.91 Å². The fraction of sp³-hybridized carbons (Fsp3) is 0.364. The molecule has 1 amide bonds. The predicted molar refractivity (Wildman–Crippen MR) is 68.3 cm³/mol. The van der Waals surface area contributed by atoms with Gasteiger partial charge in [0.1, 0.15) is 0 Å². The lowest BCUT2D eigenvalue weighted by Crippen LogP contribution is -2.28. The third-order valence-electron chi connectivity index (χ3n) is 2.46. The number of amides is 1. The van der Waals surface area contributed by atoms with E-state index in [1.165, 1.54) is 13.2 Å². The van der Waals surface area contributed by atoms with Crippen molar-refractivity contribution in [1.29, 1.82) is 0 Å². The molecule has 0 fully saturated rings. The molecule has 1 N–H and O–H groups in total. The van der Waals surface area contributed by atoms with Crippen molar-refractivity contribution < 1.29 is 19.4 Å². The second-order valence-electron chi connectivity index (χ2n) is 3.85. The van der Waals surface area contributed by atoms with Crippen LogP contribution in [-0.2, 0) is 16.0 Å². The highest BCUT2D eigenvalue weighted by molar-refractivity contribution is 5.80. The average Bonchev–Trinajstić information content (AvgIpc) is 2.38. The van der Waals surface area contributed by atoms with Crippen molar-refractivity contribution in [2.45, 2.75) is 6.42 Å². The number of nitro groups is 2. The Hall–Kier alpha value is -2.55. The van der Waals surface area contributed by atoms with E-state index in [1.54, 1.807) is 0 Å². The summed E-state index contributed by atoms with van der Waals surface area (Å²) < 4.78 is 4.75. The molecule has 0 spiro atoms. The molecule has 0 saturated heterocycles. The Labute approximate surface area is 113 Å². The first kappa shape index (κ1) is 15.5. The molecule has 0 radical (unpaired) electrons. The van der Waals surface area contributed by atoms with Gasteiger partial charge in [-0.15, -0.1) is 0 Å². The van der Waals surface area contributed by atoms with Crippen LogP contribution in [0.3, 0.4) is 0 Å². The Morgan fingerprint density at radius 1 is 1.30 bits per heavy atom. The van der Waals surface area contributed by atoms with Gasteiger partial charge < -0.3 is 10.1 Å². The van der Waals surface area contributed by atoms with Crippen molar-refractivity contribution in [3.05, 3.63) is 44.0 Å². The molecule has 0 aromatic heterocycles. The normalized spacial score (nSPS) is 10.1. The fourth-order valence-corrected chi connectivity index (χ4v) is 1.51. The SMILES string of the molecule is COCCNC(=O)Cc1ccc([N+](=O)[O-])cc1[N+](=O)[O-]. The molecule has 0 atom stereocenters. The largest absolute Gasteiger partial charge is 0.383 e. The highest BCUT2D eigenvalue weighted by atomic mass is 16.6. The number of rotatable bonds is 7. The summed E-state index contributed by atoms with van der Waals surface area (Å²) in [7, 11) is 1.48. The van der Waals surface area contributed by atoms with Crippen LogP contribution in [0.1, 0.15) is 5.56 Å². The summed E-state index contributed by atoms with van der Waals surface area (Å²) in [6.45, 7) is 0.615. The maximum Gasteiger partial charge on any atom is 0.279 e. The first-order valence-electron chi connectivity index (χ1n) is 5.63. The van der Waals surface area contributed by atoms with Crippen LogP contribution < -0.4 is 5.32 Å². The number of nitro benzene ring substituents is 2. The minimum Gasteiger partial charge on any atom is -0.383 e. The van der Waals surface area contributed by atoms with Crippen LogP contribution in [0.4, 0.5) is 11.4 Å². The number of carbonyl (C=O) groups is 1. The van der Waals surface area contributed by atoms with Crippen LogP contribution in [0.5, 0.6) is 0 Å². The van der Waals surface area contributed by atoms with Gasteiger partial charge in [-0.2, -0.15) is 0 Å². The van der Waals surface area contributed by atoms with Crippen molar-refractivity contribution >= 4 is 17.3 Å². The van der Waals surface area contributed by atoms with Gasteiger partial charge in [-0.3, -0.25) is 25.0 Å². The number of benzene rings is 1. The van der Waals surface area contributed by atoms with E-state index in [1.807, 2.05) is 0 Å². The molecule has 9 nitrogen and oxygen atoms in total. The van der Waals surface area contributed by atoms with Gasteiger partial charge in [0.05, 0.1) is 28.9 Å². The third-order valence-corrected chi connectivity index (χ3v) is 2.46. The van der Waals surface area contributed by atoms with Crippen LogP contribution in [0.25, 0.3) is 0 Å². The summed E-state index contributed by atoms with van der Waals surface area (Å²) in [4.78, 5) is 31.5. The van der Waals surface area contributed by atoms with Gasteiger partial charge in [0.15, 0.2) is 0 Å². The number of non-ortho nitro benzene ring substituents is 1. The van der Waals surface area contributed by atoms with Gasteiger partial charge in [-0.05, 0) is 6.07 Å². The van der Waals surface area contributed by atoms with Crippen LogP contribution in [-0.4, -0.2) is 36.0 Å². The first-order chi connectivity index (χ1) is 9.45. The number of ether oxygens (including phenoxy) is 1. The number of nitrogens with one attached hydrogen (secondary N) is 1. The summed E-state index contributed by atoms with van der Waals surface area (Å²) in [6.07, 6.45) is -0.224. The van der Waals surface area contributed by atoms with Crippen LogP contribution in [0.2, 0.25) is 0 Å². The zero-order chi connectivity index (χ0) is 15.1. The summed E-state index contributed by atoms with van der Waals surface area (Å²) in [5.41, 5.74) is -0.711. The van der Waals surface area contributed by atoms with Crippen molar-refractivity contribution in [3.8, 4) is 0 Å². The van der Waals surface area contributed by atoms with Crippen LogP contribution in [0, 0.1) is 20.2 Å². The summed E-state index contributed by atoms with van der Waals surface area (Å²) >= 11 is 0. The molecule has 0 aliphatic carbocycles. The number of methoxy groups -OCH3 is 1. The van der Waals surface area contributed by atoms with E-state index in [0.29, 0.717) is 6.61 Å². The molecule has 20 heavy (non-hydrogen) atoms. The van der Waals surface area contributed by atoms with Gasteiger partial charge in [-0.25, -0.2) is 0 Å². The zero-order valence-corrected chi connectivity index (χ0v) is 10.7. The van der Waals surface area contributed by atoms with Gasteiger partial charge >= 0.3 is 0 Å². The molecule has 1 rings (SSSR count). The molecular weight excluding hydrogens is 270 g/mol. The lowest BCUT2D eigenvalue weighted by atomic mass is 10.1. The van der Waals surface area contributed by atoms with Crippen molar-refractivity contribution in [2.75, 3.05) is 20.3 Å². The highest BCUT2D eigenvalue weighted by Crippen LogP contribution is 2.24. The molecule has 0 aliphatic rings. The Kier molecular flexibility index (Phi) is 5.54. The van der Waals surface area contributed by atoms with Crippen molar-refractivity contribution in [2.24, 2.45) is 0 Å². The molecule has 9 heteroatoms. The van der Waals surface area contributed by atoms with E-state index in [0.717, 1.165) is 12.1 Å².